The van der Waals surface area contributed by atoms with Crippen LogP contribution in [0, 0.1) is 0 Å². The number of amides is 1. The molecule has 1 aliphatic rings. The molecule has 1 aromatic heterocycles. The van der Waals surface area contributed by atoms with E-state index >= 15 is 0 Å². The number of carbonyl (C=O) groups is 1. The van der Waals surface area contributed by atoms with Gasteiger partial charge in [-0.25, -0.2) is 4.98 Å². The van der Waals surface area contributed by atoms with Gasteiger partial charge in [-0.05, 0) is 33.6 Å². The number of nitrogens with one attached hydrogen (secondary N) is 1. The molecule has 2 rings (SSSR count). The van der Waals surface area contributed by atoms with Crippen molar-refractivity contribution >= 4 is 28.2 Å². The lowest BCUT2D eigenvalue weighted by atomic mass is 10.1. The summed E-state index contributed by atoms with van der Waals surface area (Å²) < 4.78 is 5.09. The number of nitrogen functional groups attached to an aromatic ring is 1. The molecule has 0 saturated heterocycles. The van der Waals surface area contributed by atoms with E-state index in [1.807, 2.05) is 25.7 Å². The van der Waals surface area contributed by atoms with Crippen LogP contribution in [0.2, 0.25) is 0 Å². The molecule has 3 N–H and O–H groups in total. The predicted octanol–water partition coefficient (Wildman–Crippen LogP) is 2.19. The SMILES string of the molecule is COCCN(C(=O)c1sc(NC(C)(C)C)nc1N)C1CC1. The number of hydrogen-bond donors (Lipinski definition) is 2. The fraction of sp³-hybridized carbons (Fsp3) is 0.714. The van der Waals surface area contributed by atoms with Crippen molar-refractivity contribution in [1.29, 1.82) is 0 Å². The smallest absolute Gasteiger partial charge is 0.268 e. The maximum Gasteiger partial charge on any atom is 0.268 e. The summed E-state index contributed by atoms with van der Waals surface area (Å²) in [7, 11) is 1.64. The van der Waals surface area contributed by atoms with Crippen molar-refractivity contribution < 1.29 is 9.53 Å². The number of nitrogens with two attached hydrogens (primary N) is 1. The highest BCUT2D eigenvalue weighted by Gasteiger charge is 2.34. The van der Waals surface area contributed by atoms with Gasteiger partial charge >= 0.3 is 0 Å². The van der Waals surface area contributed by atoms with E-state index in [9.17, 15) is 4.79 Å². The summed E-state index contributed by atoms with van der Waals surface area (Å²) in [6.45, 7) is 7.26. The van der Waals surface area contributed by atoms with Crippen molar-refractivity contribution in [3.63, 3.8) is 0 Å². The second-order valence-corrected chi connectivity index (χ2v) is 7.33. The van der Waals surface area contributed by atoms with E-state index in [0.717, 1.165) is 12.8 Å². The molecule has 1 aromatic rings. The minimum atomic E-state index is -0.114. The molecule has 0 unspecified atom stereocenters. The molecule has 0 spiro atoms. The first-order valence-electron chi connectivity index (χ1n) is 7.16. The number of thiazole rings is 1. The van der Waals surface area contributed by atoms with Crippen molar-refractivity contribution in [2.45, 2.75) is 45.2 Å². The minimum Gasteiger partial charge on any atom is -0.383 e. The normalized spacial score (nSPS) is 15.0. The quantitative estimate of drug-likeness (QED) is 0.841. The topological polar surface area (TPSA) is 80.5 Å². The van der Waals surface area contributed by atoms with E-state index in [0.29, 0.717) is 35.0 Å². The van der Waals surface area contributed by atoms with Crippen molar-refractivity contribution in [2.75, 3.05) is 31.3 Å². The molecule has 21 heavy (non-hydrogen) atoms. The second kappa shape index (κ2) is 6.19. The first kappa shape index (κ1) is 16.0. The van der Waals surface area contributed by atoms with Crippen LogP contribution >= 0.6 is 11.3 Å². The van der Waals surface area contributed by atoms with Crippen LogP contribution in [0.3, 0.4) is 0 Å². The molecular formula is C14H24N4O2S. The summed E-state index contributed by atoms with van der Waals surface area (Å²) in [5.41, 5.74) is 5.81. The van der Waals surface area contributed by atoms with Crippen molar-refractivity contribution in [2.24, 2.45) is 0 Å². The van der Waals surface area contributed by atoms with Gasteiger partial charge in [0.25, 0.3) is 5.91 Å². The Balaban J connectivity index is 2.13. The number of hydrogen-bond acceptors (Lipinski definition) is 6. The van der Waals surface area contributed by atoms with E-state index < -0.39 is 0 Å². The van der Waals surface area contributed by atoms with Gasteiger partial charge in [0.05, 0.1) is 6.61 Å². The first-order valence-corrected chi connectivity index (χ1v) is 7.98. The van der Waals surface area contributed by atoms with Crippen LogP contribution in [0.4, 0.5) is 10.9 Å². The van der Waals surface area contributed by atoms with Gasteiger partial charge in [-0.15, -0.1) is 0 Å². The zero-order chi connectivity index (χ0) is 15.6. The Bertz CT molecular complexity index is 506. The fourth-order valence-electron chi connectivity index (χ4n) is 2.02. The van der Waals surface area contributed by atoms with Crippen molar-refractivity contribution in [3.05, 3.63) is 4.88 Å². The lowest BCUT2D eigenvalue weighted by Gasteiger charge is -2.21. The fourth-order valence-corrected chi connectivity index (χ4v) is 3.06. The van der Waals surface area contributed by atoms with E-state index in [1.165, 1.54) is 11.3 Å². The Morgan fingerprint density at radius 1 is 1.52 bits per heavy atom. The number of anilines is 2. The highest BCUT2D eigenvalue weighted by molar-refractivity contribution is 7.18. The van der Waals surface area contributed by atoms with Crippen LogP contribution < -0.4 is 11.1 Å². The van der Waals surface area contributed by atoms with Gasteiger partial charge in [0.2, 0.25) is 0 Å². The summed E-state index contributed by atoms with van der Waals surface area (Å²) in [5.74, 6) is 0.270. The molecule has 1 aliphatic carbocycles. The van der Waals surface area contributed by atoms with E-state index in [1.54, 1.807) is 7.11 Å². The molecule has 0 radical (unpaired) electrons. The Kier molecular flexibility index (Phi) is 4.73. The summed E-state index contributed by atoms with van der Waals surface area (Å²) in [6.07, 6.45) is 2.11. The van der Waals surface area contributed by atoms with Crippen LogP contribution in [0.1, 0.15) is 43.3 Å². The average molecular weight is 312 g/mol. The number of nitrogens with zero attached hydrogens (tertiary/aromatic N) is 2. The zero-order valence-electron chi connectivity index (χ0n) is 13.1. The maximum absolute atomic E-state index is 12.7. The minimum absolute atomic E-state index is 0.0356. The summed E-state index contributed by atoms with van der Waals surface area (Å²) >= 11 is 1.32. The number of carbonyl (C=O) groups excluding carboxylic acids is 1. The molecular weight excluding hydrogens is 288 g/mol. The Morgan fingerprint density at radius 2 is 2.19 bits per heavy atom. The molecule has 0 bridgehead atoms. The Labute approximate surface area is 129 Å². The number of ether oxygens (including phenoxy) is 1. The molecule has 1 heterocycles. The van der Waals surface area contributed by atoms with Crippen molar-refractivity contribution in [1.82, 2.24) is 9.88 Å². The Morgan fingerprint density at radius 3 is 2.71 bits per heavy atom. The maximum atomic E-state index is 12.7. The number of aromatic nitrogens is 1. The molecule has 6 nitrogen and oxygen atoms in total. The summed E-state index contributed by atoms with van der Waals surface area (Å²) in [6, 6.07) is 0.327. The standard InChI is InChI=1S/C14H24N4O2S/c1-14(2,3)17-13-16-11(15)10(21-13)12(19)18(7-8-20-4)9-5-6-9/h9H,5-8,15H2,1-4H3,(H,16,17). The van der Waals surface area contributed by atoms with E-state index in [-0.39, 0.29) is 11.4 Å². The average Bonchev–Trinajstić information content (AvgIpc) is 3.12. The zero-order valence-corrected chi connectivity index (χ0v) is 13.9. The molecule has 7 heteroatoms. The van der Waals surface area contributed by atoms with Gasteiger partial charge in [-0.1, -0.05) is 11.3 Å². The van der Waals surface area contributed by atoms with Crippen LogP contribution in [0.5, 0.6) is 0 Å². The highest BCUT2D eigenvalue weighted by atomic mass is 32.1. The summed E-state index contributed by atoms with van der Waals surface area (Å²) in [5, 5.41) is 3.94. The number of methoxy groups -OCH3 is 1. The third-order valence-corrected chi connectivity index (χ3v) is 4.09. The summed E-state index contributed by atoms with van der Waals surface area (Å²) in [4.78, 5) is 19.3. The van der Waals surface area contributed by atoms with Crippen molar-refractivity contribution in [3.8, 4) is 0 Å². The molecule has 0 aliphatic heterocycles. The van der Waals surface area contributed by atoms with Crippen LogP contribution in [0.15, 0.2) is 0 Å². The predicted molar refractivity (Wildman–Crippen MR) is 85.8 cm³/mol. The lowest BCUT2D eigenvalue weighted by molar-refractivity contribution is 0.0685. The van der Waals surface area contributed by atoms with Gasteiger partial charge in [0.15, 0.2) is 5.13 Å². The largest absolute Gasteiger partial charge is 0.383 e. The van der Waals surface area contributed by atoms with Gasteiger partial charge in [-0.2, -0.15) is 0 Å². The molecule has 1 fully saturated rings. The molecule has 0 atom stereocenters. The van der Waals surface area contributed by atoms with Gasteiger partial charge in [0.1, 0.15) is 10.7 Å². The van der Waals surface area contributed by atoms with Gasteiger partial charge in [0, 0.05) is 25.2 Å². The molecule has 118 valence electrons. The second-order valence-electron chi connectivity index (χ2n) is 6.33. The lowest BCUT2D eigenvalue weighted by Crippen LogP contribution is -2.35. The number of rotatable bonds is 6. The van der Waals surface area contributed by atoms with Gasteiger partial charge in [-0.3, -0.25) is 4.79 Å². The molecule has 1 saturated carbocycles. The van der Waals surface area contributed by atoms with E-state index in [4.69, 9.17) is 10.5 Å². The highest BCUT2D eigenvalue weighted by Crippen LogP contribution is 2.33. The van der Waals surface area contributed by atoms with Crippen LogP contribution in [-0.2, 0) is 4.74 Å². The third kappa shape index (κ3) is 4.31. The molecule has 0 aromatic carbocycles. The Hall–Kier alpha value is -1.34. The van der Waals surface area contributed by atoms with Crippen LogP contribution in [-0.4, -0.2) is 47.6 Å². The first-order chi connectivity index (χ1) is 9.81. The molecule has 1 amide bonds. The van der Waals surface area contributed by atoms with Crippen LogP contribution in [0.25, 0.3) is 0 Å². The van der Waals surface area contributed by atoms with E-state index in [2.05, 4.69) is 10.3 Å². The third-order valence-electron chi connectivity index (χ3n) is 3.11. The van der Waals surface area contributed by atoms with Gasteiger partial charge < -0.3 is 20.7 Å². The monoisotopic (exact) mass is 312 g/mol.